The van der Waals surface area contributed by atoms with E-state index in [1.807, 2.05) is 22.8 Å². The Labute approximate surface area is 122 Å². The Hall–Kier alpha value is -0.720. The predicted molar refractivity (Wildman–Crippen MR) is 77.1 cm³/mol. The van der Waals surface area contributed by atoms with Gasteiger partial charge in [0.25, 0.3) is 0 Å². The maximum absolute atomic E-state index is 9.28. The summed E-state index contributed by atoms with van der Waals surface area (Å²) in [6, 6.07) is 5.91. The molecule has 0 aliphatic carbocycles. The first-order valence-corrected chi connectivity index (χ1v) is 7.24. The lowest BCUT2D eigenvalue weighted by molar-refractivity contribution is 0.264. The normalized spacial score (nSPS) is 10.9. The molecule has 0 saturated heterocycles. The minimum atomic E-state index is -0.0961. The molecule has 0 atom stereocenters. The van der Waals surface area contributed by atoms with Gasteiger partial charge in [-0.25, -0.2) is 0 Å². The van der Waals surface area contributed by atoms with Crippen molar-refractivity contribution in [2.75, 3.05) is 0 Å². The molecule has 18 heavy (non-hydrogen) atoms. The van der Waals surface area contributed by atoms with Gasteiger partial charge in [0.05, 0.1) is 0 Å². The first-order chi connectivity index (χ1) is 8.67. The summed E-state index contributed by atoms with van der Waals surface area (Å²) in [5, 5.41) is 17.5. The third kappa shape index (κ3) is 2.65. The predicted octanol–water partition coefficient (Wildman–Crippen LogP) is 3.37. The molecule has 6 heteroatoms. The van der Waals surface area contributed by atoms with Crippen LogP contribution in [0, 0.1) is 0 Å². The zero-order valence-corrected chi connectivity index (χ0v) is 13.1. The standard InChI is InChI=1S/C12H13Br2N3O/c1-2-5-17-11(7-18)15-16-12(17)9-4-3-8(13)6-10(9)14/h3-4,6,18H,2,5,7H2,1H3. The molecular weight excluding hydrogens is 362 g/mol. The van der Waals surface area contributed by atoms with Crippen LogP contribution in [0.2, 0.25) is 0 Å². The highest BCUT2D eigenvalue weighted by Crippen LogP contribution is 2.30. The van der Waals surface area contributed by atoms with Crippen molar-refractivity contribution in [3.8, 4) is 11.4 Å². The number of nitrogens with zero attached hydrogens (tertiary/aromatic N) is 3. The van der Waals surface area contributed by atoms with Crippen molar-refractivity contribution >= 4 is 31.9 Å². The molecule has 0 saturated carbocycles. The minimum absolute atomic E-state index is 0.0961. The van der Waals surface area contributed by atoms with Crippen LogP contribution in [0.1, 0.15) is 19.2 Å². The molecule has 0 spiro atoms. The summed E-state index contributed by atoms with van der Waals surface area (Å²) < 4.78 is 3.90. The summed E-state index contributed by atoms with van der Waals surface area (Å²) in [7, 11) is 0. The molecule has 0 bridgehead atoms. The maximum Gasteiger partial charge on any atom is 0.165 e. The van der Waals surface area contributed by atoms with Crippen molar-refractivity contribution in [1.29, 1.82) is 0 Å². The van der Waals surface area contributed by atoms with Gasteiger partial charge in [0.2, 0.25) is 0 Å². The van der Waals surface area contributed by atoms with Gasteiger partial charge in [-0.05, 0) is 40.5 Å². The monoisotopic (exact) mass is 373 g/mol. The van der Waals surface area contributed by atoms with Crippen LogP contribution in [-0.2, 0) is 13.2 Å². The number of hydrogen-bond acceptors (Lipinski definition) is 3. The zero-order chi connectivity index (χ0) is 13.1. The van der Waals surface area contributed by atoms with E-state index in [9.17, 15) is 5.11 Å². The molecule has 1 heterocycles. The zero-order valence-electron chi connectivity index (χ0n) is 9.90. The fourth-order valence-corrected chi connectivity index (χ4v) is 3.01. The van der Waals surface area contributed by atoms with Crippen molar-refractivity contribution < 1.29 is 5.11 Å². The molecule has 1 aromatic heterocycles. The van der Waals surface area contributed by atoms with Gasteiger partial charge in [-0.15, -0.1) is 10.2 Å². The quantitative estimate of drug-likeness (QED) is 0.892. The number of hydrogen-bond donors (Lipinski definition) is 1. The lowest BCUT2D eigenvalue weighted by atomic mass is 10.2. The van der Waals surface area contributed by atoms with Crippen molar-refractivity contribution in [3.63, 3.8) is 0 Å². The Kier molecular flexibility index (Phi) is 4.53. The second-order valence-corrected chi connectivity index (χ2v) is 5.64. The van der Waals surface area contributed by atoms with Crippen LogP contribution in [0.15, 0.2) is 27.1 Å². The van der Waals surface area contributed by atoms with Crippen LogP contribution in [0.25, 0.3) is 11.4 Å². The van der Waals surface area contributed by atoms with E-state index in [0.717, 1.165) is 33.3 Å². The number of aliphatic hydroxyl groups excluding tert-OH is 1. The van der Waals surface area contributed by atoms with Gasteiger partial charge in [-0.2, -0.15) is 0 Å². The van der Waals surface area contributed by atoms with Crippen molar-refractivity contribution in [3.05, 3.63) is 33.0 Å². The van der Waals surface area contributed by atoms with E-state index in [1.54, 1.807) is 0 Å². The summed E-state index contributed by atoms with van der Waals surface area (Å²) >= 11 is 6.95. The van der Waals surface area contributed by atoms with Crippen LogP contribution in [0.3, 0.4) is 0 Å². The van der Waals surface area contributed by atoms with Crippen LogP contribution >= 0.6 is 31.9 Å². The fraction of sp³-hybridized carbons (Fsp3) is 0.333. The molecule has 0 aliphatic rings. The van der Waals surface area contributed by atoms with Crippen molar-refractivity contribution in [1.82, 2.24) is 14.8 Å². The second-order valence-electron chi connectivity index (χ2n) is 3.87. The summed E-state index contributed by atoms with van der Waals surface area (Å²) in [5.41, 5.74) is 0.971. The molecule has 1 N–H and O–H groups in total. The van der Waals surface area contributed by atoms with E-state index < -0.39 is 0 Å². The third-order valence-corrected chi connectivity index (χ3v) is 3.74. The Bertz CT molecular complexity index is 554. The van der Waals surface area contributed by atoms with Crippen LogP contribution in [0.5, 0.6) is 0 Å². The lowest BCUT2D eigenvalue weighted by Crippen LogP contribution is -2.05. The van der Waals surface area contributed by atoms with E-state index >= 15 is 0 Å². The highest BCUT2D eigenvalue weighted by Gasteiger charge is 2.14. The van der Waals surface area contributed by atoms with Gasteiger partial charge in [-0.3, -0.25) is 0 Å². The molecule has 0 radical (unpaired) electrons. The van der Waals surface area contributed by atoms with Crippen molar-refractivity contribution in [2.24, 2.45) is 0 Å². The Morgan fingerprint density at radius 1 is 1.28 bits per heavy atom. The fourth-order valence-electron chi connectivity index (χ4n) is 1.78. The molecule has 0 fully saturated rings. The Morgan fingerprint density at radius 2 is 2.06 bits per heavy atom. The van der Waals surface area contributed by atoms with Gasteiger partial charge in [0, 0.05) is 21.1 Å². The number of halogens is 2. The van der Waals surface area contributed by atoms with Gasteiger partial charge in [-0.1, -0.05) is 22.9 Å². The highest BCUT2D eigenvalue weighted by molar-refractivity contribution is 9.11. The Morgan fingerprint density at radius 3 is 2.67 bits per heavy atom. The SMILES string of the molecule is CCCn1c(CO)nnc1-c1ccc(Br)cc1Br. The van der Waals surface area contributed by atoms with Crippen LogP contribution in [0.4, 0.5) is 0 Å². The highest BCUT2D eigenvalue weighted by atomic mass is 79.9. The summed E-state index contributed by atoms with van der Waals surface area (Å²) in [6.45, 7) is 2.78. The van der Waals surface area contributed by atoms with Crippen molar-refractivity contribution in [2.45, 2.75) is 26.5 Å². The summed E-state index contributed by atoms with van der Waals surface area (Å²) in [6.07, 6.45) is 0.964. The summed E-state index contributed by atoms with van der Waals surface area (Å²) in [5.74, 6) is 1.38. The van der Waals surface area contributed by atoms with Crippen LogP contribution < -0.4 is 0 Å². The van der Waals surface area contributed by atoms with Gasteiger partial charge in [0.1, 0.15) is 6.61 Å². The van der Waals surface area contributed by atoms with E-state index in [-0.39, 0.29) is 6.61 Å². The topological polar surface area (TPSA) is 50.9 Å². The molecule has 0 amide bonds. The van der Waals surface area contributed by atoms with Gasteiger partial charge >= 0.3 is 0 Å². The average Bonchev–Trinajstić information content (AvgIpc) is 2.73. The molecule has 2 aromatic rings. The maximum atomic E-state index is 9.28. The average molecular weight is 375 g/mol. The third-order valence-electron chi connectivity index (χ3n) is 2.59. The molecule has 0 aliphatic heterocycles. The van der Waals surface area contributed by atoms with E-state index in [2.05, 4.69) is 49.0 Å². The number of rotatable bonds is 4. The molecule has 1 aromatic carbocycles. The van der Waals surface area contributed by atoms with E-state index in [1.165, 1.54) is 0 Å². The number of aromatic nitrogens is 3. The minimum Gasteiger partial charge on any atom is -0.388 e. The lowest BCUT2D eigenvalue weighted by Gasteiger charge is -2.09. The smallest absolute Gasteiger partial charge is 0.165 e. The Balaban J connectivity index is 2.52. The number of benzene rings is 1. The van der Waals surface area contributed by atoms with Crippen LogP contribution in [-0.4, -0.2) is 19.9 Å². The summed E-state index contributed by atoms with van der Waals surface area (Å²) in [4.78, 5) is 0. The van der Waals surface area contributed by atoms with E-state index in [0.29, 0.717) is 5.82 Å². The van der Waals surface area contributed by atoms with E-state index in [4.69, 9.17) is 0 Å². The second kappa shape index (κ2) is 5.95. The first kappa shape index (κ1) is 13.7. The molecule has 0 unspecified atom stereocenters. The largest absolute Gasteiger partial charge is 0.388 e. The van der Waals surface area contributed by atoms with Gasteiger partial charge in [0.15, 0.2) is 11.6 Å². The van der Waals surface area contributed by atoms with Gasteiger partial charge < -0.3 is 9.67 Å². The number of aliphatic hydroxyl groups is 1. The first-order valence-electron chi connectivity index (χ1n) is 5.65. The molecule has 4 nitrogen and oxygen atoms in total. The molecule has 2 rings (SSSR count). The molecular formula is C12H13Br2N3O. The molecule has 96 valence electrons.